The number of anilines is 1. The number of carbonyl (C=O) groups is 1. The minimum atomic E-state index is -0.409. The lowest BCUT2D eigenvalue weighted by Gasteiger charge is -2.10. The number of benzene rings is 2. The Morgan fingerprint density at radius 3 is 2.46 bits per heavy atom. The van der Waals surface area contributed by atoms with Crippen molar-refractivity contribution in [3.05, 3.63) is 93.9 Å². The standard InChI is InChI=1S/C21H20N2O3/c1-15-6-3-4-8-19(15)22-20(24)18-7-5-13-23(21(18)25)14-16-9-11-17(26-2)12-10-16/h3-13H,14H2,1-2H3,(H,22,24). The lowest BCUT2D eigenvalue weighted by Crippen LogP contribution is -2.29. The number of rotatable bonds is 5. The minimum Gasteiger partial charge on any atom is -0.497 e. The van der Waals surface area contributed by atoms with Gasteiger partial charge in [-0.3, -0.25) is 9.59 Å². The average molecular weight is 348 g/mol. The summed E-state index contributed by atoms with van der Waals surface area (Å²) in [6, 6.07) is 18.2. The van der Waals surface area contributed by atoms with Gasteiger partial charge in [0.2, 0.25) is 0 Å². The number of para-hydroxylation sites is 1. The van der Waals surface area contributed by atoms with Crippen LogP contribution >= 0.6 is 0 Å². The Morgan fingerprint density at radius 1 is 1.04 bits per heavy atom. The van der Waals surface area contributed by atoms with Gasteiger partial charge in [-0.15, -0.1) is 0 Å². The Hall–Kier alpha value is -3.34. The first kappa shape index (κ1) is 17.5. The average Bonchev–Trinajstić information content (AvgIpc) is 2.66. The summed E-state index contributed by atoms with van der Waals surface area (Å²) < 4.78 is 6.66. The Labute approximate surface area is 151 Å². The van der Waals surface area contributed by atoms with Crippen LogP contribution in [0.4, 0.5) is 5.69 Å². The Balaban J connectivity index is 1.83. The molecule has 0 saturated carbocycles. The Kier molecular flexibility index (Phi) is 5.17. The van der Waals surface area contributed by atoms with E-state index in [0.29, 0.717) is 12.2 Å². The van der Waals surface area contributed by atoms with E-state index in [0.717, 1.165) is 16.9 Å². The van der Waals surface area contributed by atoms with Gasteiger partial charge in [0.25, 0.3) is 11.5 Å². The summed E-state index contributed by atoms with van der Waals surface area (Å²) in [6.45, 7) is 2.29. The molecule has 0 aliphatic heterocycles. The molecule has 0 bridgehead atoms. The normalized spacial score (nSPS) is 10.4. The fourth-order valence-electron chi connectivity index (χ4n) is 2.66. The quantitative estimate of drug-likeness (QED) is 0.768. The van der Waals surface area contributed by atoms with Gasteiger partial charge in [-0.05, 0) is 48.4 Å². The van der Waals surface area contributed by atoms with Crippen LogP contribution in [-0.4, -0.2) is 17.6 Å². The SMILES string of the molecule is COc1ccc(Cn2cccc(C(=O)Nc3ccccc3C)c2=O)cc1. The lowest BCUT2D eigenvalue weighted by atomic mass is 10.1. The van der Waals surface area contributed by atoms with Gasteiger partial charge >= 0.3 is 0 Å². The van der Waals surface area contributed by atoms with Crippen molar-refractivity contribution >= 4 is 11.6 Å². The number of methoxy groups -OCH3 is 1. The second-order valence-electron chi connectivity index (χ2n) is 5.97. The zero-order valence-corrected chi connectivity index (χ0v) is 14.7. The fourth-order valence-corrected chi connectivity index (χ4v) is 2.66. The molecule has 0 fully saturated rings. The third-order valence-electron chi connectivity index (χ3n) is 4.17. The molecule has 26 heavy (non-hydrogen) atoms. The van der Waals surface area contributed by atoms with Gasteiger partial charge in [0.15, 0.2) is 0 Å². The number of pyridine rings is 1. The van der Waals surface area contributed by atoms with Gasteiger partial charge in [0.05, 0.1) is 13.7 Å². The van der Waals surface area contributed by atoms with E-state index in [4.69, 9.17) is 4.74 Å². The molecule has 0 radical (unpaired) electrons. The number of carbonyl (C=O) groups excluding carboxylic acids is 1. The minimum absolute atomic E-state index is 0.115. The number of aryl methyl sites for hydroxylation is 1. The van der Waals surface area contributed by atoms with Crippen molar-refractivity contribution in [2.24, 2.45) is 0 Å². The molecule has 5 nitrogen and oxygen atoms in total. The van der Waals surface area contributed by atoms with Crippen LogP contribution in [-0.2, 0) is 6.54 Å². The van der Waals surface area contributed by atoms with E-state index in [1.807, 2.05) is 55.5 Å². The van der Waals surface area contributed by atoms with Crippen LogP contribution in [0.15, 0.2) is 71.7 Å². The summed E-state index contributed by atoms with van der Waals surface area (Å²) >= 11 is 0. The van der Waals surface area contributed by atoms with Crippen LogP contribution < -0.4 is 15.6 Å². The van der Waals surface area contributed by atoms with Crippen molar-refractivity contribution in [1.82, 2.24) is 4.57 Å². The van der Waals surface area contributed by atoms with Gasteiger partial charge in [0, 0.05) is 11.9 Å². The van der Waals surface area contributed by atoms with Crippen molar-refractivity contribution in [2.45, 2.75) is 13.5 Å². The molecule has 2 aromatic carbocycles. The van der Waals surface area contributed by atoms with E-state index < -0.39 is 5.91 Å². The van der Waals surface area contributed by atoms with Gasteiger partial charge in [-0.25, -0.2) is 0 Å². The van der Waals surface area contributed by atoms with E-state index in [1.165, 1.54) is 4.57 Å². The predicted octanol–water partition coefficient (Wildman–Crippen LogP) is 3.47. The van der Waals surface area contributed by atoms with Crippen molar-refractivity contribution in [3.63, 3.8) is 0 Å². The molecule has 132 valence electrons. The summed E-state index contributed by atoms with van der Waals surface area (Å²) in [5, 5.41) is 2.80. The van der Waals surface area contributed by atoms with Crippen LogP contribution in [0.3, 0.4) is 0 Å². The Bertz CT molecular complexity index is 975. The van der Waals surface area contributed by atoms with Crippen LogP contribution in [0.5, 0.6) is 5.75 Å². The van der Waals surface area contributed by atoms with Crippen molar-refractivity contribution < 1.29 is 9.53 Å². The molecule has 1 N–H and O–H groups in total. The molecule has 5 heteroatoms. The topological polar surface area (TPSA) is 60.3 Å². The maximum absolute atomic E-state index is 12.7. The molecule has 3 rings (SSSR count). The molecule has 1 amide bonds. The second kappa shape index (κ2) is 7.70. The van der Waals surface area contributed by atoms with Crippen molar-refractivity contribution in [3.8, 4) is 5.75 Å². The molecule has 0 aliphatic carbocycles. The summed E-state index contributed by atoms with van der Waals surface area (Å²) in [6.07, 6.45) is 1.68. The Morgan fingerprint density at radius 2 is 1.77 bits per heavy atom. The molecule has 0 saturated heterocycles. The smallest absolute Gasteiger partial charge is 0.263 e. The predicted molar refractivity (Wildman–Crippen MR) is 102 cm³/mol. The van der Waals surface area contributed by atoms with Crippen LogP contribution in [0.25, 0.3) is 0 Å². The molecule has 1 aromatic heterocycles. The van der Waals surface area contributed by atoms with E-state index in [9.17, 15) is 9.59 Å². The van der Waals surface area contributed by atoms with Crippen molar-refractivity contribution in [1.29, 1.82) is 0 Å². The summed E-state index contributed by atoms with van der Waals surface area (Å²) in [5.41, 5.74) is 2.38. The third-order valence-corrected chi connectivity index (χ3v) is 4.17. The highest BCUT2D eigenvalue weighted by atomic mass is 16.5. The van der Waals surface area contributed by atoms with E-state index in [2.05, 4.69) is 5.32 Å². The molecule has 1 heterocycles. The summed E-state index contributed by atoms with van der Waals surface area (Å²) in [5.74, 6) is 0.348. The summed E-state index contributed by atoms with van der Waals surface area (Å²) in [7, 11) is 1.61. The monoisotopic (exact) mass is 348 g/mol. The number of ether oxygens (including phenoxy) is 1. The largest absolute Gasteiger partial charge is 0.497 e. The van der Waals surface area contributed by atoms with Crippen LogP contribution in [0.2, 0.25) is 0 Å². The first-order valence-electron chi connectivity index (χ1n) is 8.28. The lowest BCUT2D eigenvalue weighted by molar-refractivity contribution is 0.102. The zero-order chi connectivity index (χ0) is 18.5. The number of nitrogens with zero attached hydrogens (tertiary/aromatic N) is 1. The molecular weight excluding hydrogens is 328 g/mol. The molecule has 0 unspecified atom stereocenters. The highest BCUT2D eigenvalue weighted by Crippen LogP contribution is 2.14. The van der Waals surface area contributed by atoms with E-state index >= 15 is 0 Å². The van der Waals surface area contributed by atoms with Gasteiger partial charge < -0.3 is 14.6 Å². The zero-order valence-electron chi connectivity index (χ0n) is 14.7. The molecule has 0 aliphatic rings. The molecule has 3 aromatic rings. The maximum atomic E-state index is 12.7. The van der Waals surface area contributed by atoms with Crippen LogP contribution in [0, 0.1) is 6.92 Å². The number of nitrogens with one attached hydrogen (secondary N) is 1. The number of amides is 1. The number of hydrogen-bond acceptors (Lipinski definition) is 3. The van der Waals surface area contributed by atoms with Crippen molar-refractivity contribution in [2.75, 3.05) is 12.4 Å². The highest BCUT2D eigenvalue weighted by Gasteiger charge is 2.13. The maximum Gasteiger partial charge on any atom is 0.263 e. The second-order valence-corrected chi connectivity index (χ2v) is 5.97. The van der Waals surface area contributed by atoms with Gasteiger partial charge in [0.1, 0.15) is 11.3 Å². The third kappa shape index (κ3) is 3.83. The van der Waals surface area contributed by atoms with E-state index in [-0.39, 0.29) is 11.1 Å². The fraction of sp³-hybridized carbons (Fsp3) is 0.143. The van der Waals surface area contributed by atoms with Gasteiger partial charge in [-0.2, -0.15) is 0 Å². The first-order valence-corrected chi connectivity index (χ1v) is 8.28. The molecular formula is C21H20N2O3. The molecule has 0 atom stereocenters. The number of aromatic nitrogens is 1. The first-order chi connectivity index (χ1) is 12.6. The number of hydrogen-bond donors (Lipinski definition) is 1. The highest BCUT2D eigenvalue weighted by molar-refractivity contribution is 6.04. The molecule has 0 spiro atoms. The summed E-state index contributed by atoms with van der Waals surface area (Å²) in [4.78, 5) is 25.2. The van der Waals surface area contributed by atoms with E-state index in [1.54, 1.807) is 25.4 Å². The van der Waals surface area contributed by atoms with Gasteiger partial charge in [-0.1, -0.05) is 30.3 Å². The van der Waals surface area contributed by atoms with Crippen LogP contribution in [0.1, 0.15) is 21.5 Å².